The van der Waals surface area contributed by atoms with Gasteiger partial charge < -0.3 is 14.7 Å². The molecule has 22 heavy (non-hydrogen) atoms. The molecule has 0 amide bonds. The average molecular weight is 307 g/mol. The van der Waals surface area contributed by atoms with Crippen molar-refractivity contribution in [3.05, 3.63) is 30.1 Å². The lowest BCUT2D eigenvalue weighted by molar-refractivity contribution is -0.0183. The van der Waals surface area contributed by atoms with Crippen molar-refractivity contribution in [2.75, 3.05) is 19.7 Å². The van der Waals surface area contributed by atoms with E-state index in [0.29, 0.717) is 12.5 Å². The molecule has 0 aromatic heterocycles. The van der Waals surface area contributed by atoms with Gasteiger partial charge in [-0.15, -0.1) is 0 Å². The minimum absolute atomic E-state index is 0.173. The molecule has 1 aromatic rings. The molecule has 0 unspecified atom stereocenters. The van der Waals surface area contributed by atoms with Gasteiger partial charge in [0.25, 0.3) is 0 Å². The lowest BCUT2D eigenvalue weighted by Crippen LogP contribution is -2.39. The fourth-order valence-corrected chi connectivity index (χ4v) is 3.75. The number of hydrogen-bond acceptors (Lipinski definition) is 3. The number of ether oxygens (including phenoxy) is 1. The van der Waals surface area contributed by atoms with Gasteiger partial charge in [0.2, 0.25) is 0 Å². The van der Waals surface area contributed by atoms with Gasteiger partial charge in [0.05, 0.1) is 5.60 Å². The predicted molar refractivity (Wildman–Crippen MR) is 84.5 cm³/mol. The lowest BCUT2D eigenvalue weighted by Gasteiger charge is -2.29. The molecular weight excluding hydrogens is 281 g/mol. The first-order valence-corrected chi connectivity index (χ1v) is 8.50. The molecule has 2 aliphatic rings. The monoisotopic (exact) mass is 307 g/mol. The van der Waals surface area contributed by atoms with Crippen molar-refractivity contribution in [2.45, 2.75) is 56.6 Å². The van der Waals surface area contributed by atoms with Crippen molar-refractivity contribution in [1.82, 2.24) is 4.90 Å². The summed E-state index contributed by atoms with van der Waals surface area (Å²) >= 11 is 0. The molecule has 4 heteroatoms. The first kappa shape index (κ1) is 15.8. The van der Waals surface area contributed by atoms with Crippen molar-refractivity contribution in [3.8, 4) is 5.75 Å². The Morgan fingerprint density at radius 2 is 1.91 bits per heavy atom. The van der Waals surface area contributed by atoms with Crippen molar-refractivity contribution in [3.63, 3.8) is 0 Å². The Bertz CT molecular complexity index is 490. The second-order valence-electron chi connectivity index (χ2n) is 6.77. The van der Waals surface area contributed by atoms with Crippen LogP contribution in [0.25, 0.3) is 0 Å². The first-order chi connectivity index (χ1) is 10.7. The summed E-state index contributed by atoms with van der Waals surface area (Å²) in [7, 11) is 0. The highest BCUT2D eigenvalue weighted by atomic mass is 19.1. The van der Waals surface area contributed by atoms with E-state index in [1.54, 1.807) is 18.2 Å². The zero-order valence-corrected chi connectivity index (χ0v) is 13.1. The predicted octanol–water partition coefficient (Wildman–Crippen LogP) is 3.36. The van der Waals surface area contributed by atoms with Crippen LogP contribution in [0.1, 0.15) is 44.9 Å². The summed E-state index contributed by atoms with van der Waals surface area (Å²) in [6, 6.07) is 7.09. The maximum atomic E-state index is 13.6. The summed E-state index contributed by atoms with van der Waals surface area (Å²) < 4.78 is 19.2. The van der Waals surface area contributed by atoms with Crippen LogP contribution in [0.5, 0.6) is 5.75 Å². The Kier molecular flexibility index (Phi) is 4.99. The molecule has 2 fully saturated rings. The summed E-state index contributed by atoms with van der Waals surface area (Å²) in [5.74, 6) is -0.139. The standard InChI is InChI=1S/C18H26FNO2/c19-16-8-3-4-9-17(16)22-14-18(21)10-5-12-20(13-11-18)15-6-1-2-7-15/h3-4,8-9,15,21H,1-2,5-7,10-14H2/t18-/m0/s1. The number of halogens is 1. The van der Waals surface area contributed by atoms with E-state index in [2.05, 4.69) is 4.90 Å². The van der Waals surface area contributed by atoms with Crippen molar-refractivity contribution >= 4 is 0 Å². The number of aliphatic hydroxyl groups is 1. The molecule has 1 saturated carbocycles. The second kappa shape index (κ2) is 6.97. The number of likely N-dealkylation sites (tertiary alicyclic amines) is 1. The van der Waals surface area contributed by atoms with Crippen molar-refractivity contribution in [2.24, 2.45) is 0 Å². The van der Waals surface area contributed by atoms with E-state index >= 15 is 0 Å². The number of para-hydroxylation sites is 1. The normalized spacial score (nSPS) is 27.7. The fraction of sp³-hybridized carbons (Fsp3) is 0.667. The second-order valence-corrected chi connectivity index (χ2v) is 6.77. The van der Waals surface area contributed by atoms with E-state index < -0.39 is 5.60 Å². The van der Waals surface area contributed by atoms with Crippen LogP contribution in [-0.4, -0.2) is 41.3 Å². The number of benzene rings is 1. The fourth-order valence-electron chi connectivity index (χ4n) is 3.75. The van der Waals surface area contributed by atoms with Crippen LogP contribution in [0.15, 0.2) is 24.3 Å². The van der Waals surface area contributed by atoms with Gasteiger partial charge in [-0.05, 0) is 50.8 Å². The summed E-state index contributed by atoms with van der Waals surface area (Å²) in [5, 5.41) is 10.8. The smallest absolute Gasteiger partial charge is 0.165 e. The zero-order chi connectivity index (χ0) is 15.4. The van der Waals surface area contributed by atoms with Crippen LogP contribution in [-0.2, 0) is 0 Å². The maximum Gasteiger partial charge on any atom is 0.165 e. The molecule has 1 saturated heterocycles. The number of nitrogens with zero attached hydrogens (tertiary/aromatic N) is 1. The van der Waals surface area contributed by atoms with E-state index in [1.165, 1.54) is 31.7 Å². The Morgan fingerprint density at radius 3 is 2.68 bits per heavy atom. The van der Waals surface area contributed by atoms with E-state index in [4.69, 9.17) is 4.74 Å². The van der Waals surface area contributed by atoms with Crippen LogP contribution in [0.3, 0.4) is 0 Å². The lowest BCUT2D eigenvalue weighted by atomic mass is 9.96. The van der Waals surface area contributed by atoms with Crippen molar-refractivity contribution < 1.29 is 14.2 Å². The van der Waals surface area contributed by atoms with Gasteiger partial charge in [-0.3, -0.25) is 0 Å². The Hall–Kier alpha value is -1.13. The first-order valence-electron chi connectivity index (χ1n) is 8.50. The van der Waals surface area contributed by atoms with Gasteiger partial charge in [-0.1, -0.05) is 25.0 Å². The zero-order valence-electron chi connectivity index (χ0n) is 13.1. The molecule has 1 aromatic carbocycles. The molecule has 0 bridgehead atoms. The molecule has 1 atom stereocenters. The van der Waals surface area contributed by atoms with Crippen LogP contribution < -0.4 is 4.74 Å². The molecule has 0 spiro atoms. The van der Waals surface area contributed by atoms with E-state index in [9.17, 15) is 9.50 Å². The van der Waals surface area contributed by atoms with E-state index in [-0.39, 0.29) is 18.2 Å². The third-order valence-corrected chi connectivity index (χ3v) is 5.13. The highest BCUT2D eigenvalue weighted by molar-refractivity contribution is 5.23. The van der Waals surface area contributed by atoms with Gasteiger partial charge in [0.1, 0.15) is 6.61 Å². The largest absolute Gasteiger partial charge is 0.488 e. The third-order valence-electron chi connectivity index (χ3n) is 5.13. The quantitative estimate of drug-likeness (QED) is 0.926. The summed E-state index contributed by atoms with van der Waals surface area (Å²) in [6.07, 6.45) is 7.67. The van der Waals surface area contributed by atoms with Gasteiger partial charge in [0.15, 0.2) is 11.6 Å². The molecule has 1 N–H and O–H groups in total. The molecule has 1 aliphatic carbocycles. The maximum absolute atomic E-state index is 13.6. The molecule has 0 radical (unpaired) electrons. The van der Waals surface area contributed by atoms with Crippen LogP contribution >= 0.6 is 0 Å². The molecule has 1 aliphatic heterocycles. The number of hydrogen-bond donors (Lipinski definition) is 1. The SMILES string of the molecule is O[C@@]1(COc2ccccc2F)CCCN(C2CCCC2)CC1. The Balaban J connectivity index is 1.55. The summed E-state index contributed by atoms with van der Waals surface area (Å²) in [5.41, 5.74) is -0.838. The van der Waals surface area contributed by atoms with Crippen LogP contribution in [0.4, 0.5) is 4.39 Å². The topological polar surface area (TPSA) is 32.7 Å². The minimum Gasteiger partial charge on any atom is -0.488 e. The highest BCUT2D eigenvalue weighted by Gasteiger charge is 2.33. The molecule has 122 valence electrons. The molecule has 1 heterocycles. The average Bonchev–Trinajstić information content (AvgIpc) is 2.97. The molecule has 3 nitrogen and oxygen atoms in total. The summed E-state index contributed by atoms with van der Waals surface area (Å²) in [6.45, 7) is 2.15. The number of rotatable bonds is 4. The minimum atomic E-state index is -0.838. The van der Waals surface area contributed by atoms with Crippen LogP contribution in [0.2, 0.25) is 0 Å². The molecular formula is C18H26FNO2. The van der Waals surface area contributed by atoms with Crippen molar-refractivity contribution in [1.29, 1.82) is 0 Å². The van der Waals surface area contributed by atoms with Gasteiger partial charge in [-0.25, -0.2) is 4.39 Å². The van der Waals surface area contributed by atoms with E-state index in [1.807, 2.05) is 0 Å². The molecule has 3 rings (SSSR count). The Labute approximate surface area is 132 Å². The van der Waals surface area contributed by atoms with Gasteiger partial charge in [-0.2, -0.15) is 0 Å². The van der Waals surface area contributed by atoms with E-state index in [0.717, 1.165) is 25.9 Å². The highest BCUT2D eigenvalue weighted by Crippen LogP contribution is 2.29. The Morgan fingerprint density at radius 1 is 1.14 bits per heavy atom. The van der Waals surface area contributed by atoms with Gasteiger partial charge >= 0.3 is 0 Å². The van der Waals surface area contributed by atoms with Gasteiger partial charge in [0, 0.05) is 12.6 Å². The third kappa shape index (κ3) is 3.79. The van der Waals surface area contributed by atoms with Crippen LogP contribution in [0, 0.1) is 5.82 Å². The summed E-state index contributed by atoms with van der Waals surface area (Å²) in [4.78, 5) is 2.54.